The van der Waals surface area contributed by atoms with Crippen molar-refractivity contribution in [2.75, 3.05) is 19.9 Å². The van der Waals surface area contributed by atoms with Gasteiger partial charge >= 0.3 is 0 Å². The van der Waals surface area contributed by atoms with Crippen LogP contribution in [0.4, 0.5) is 0 Å². The zero-order valence-corrected chi connectivity index (χ0v) is 19.4. The second kappa shape index (κ2) is 9.15. The van der Waals surface area contributed by atoms with Crippen molar-refractivity contribution in [1.29, 1.82) is 0 Å². The summed E-state index contributed by atoms with van der Waals surface area (Å²) in [6.45, 7) is 0.701. The third-order valence-electron chi connectivity index (χ3n) is 5.15. The minimum atomic E-state index is -3.60. The maximum absolute atomic E-state index is 12.8. The lowest BCUT2D eigenvalue weighted by Gasteiger charge is -2.30. The van der Waals surface area contributed by atoms with E-state index in [-0.39, 0.29) is 36.6 Å². The van der Waals surface area contributed by atoms with Crippen molar-refractivity contribution < 1.29 is 22.7 Å². The lowest BCUT2D eigenvalue weighted by molar-refractivity contribution is -0.126. The minimum Gasteiger partial charge on any atom is -0.454 e. The number of amides is 1. The molecule has 2 aromatic rings. The van der Waals surface area contributed by atoms with Crippen LogP contribution in [0.1, 0.15) is 18.4 Å². The first-order valence-corrected chi connectivity index (χ1v) is 12.1. The van der Waals surface area contributed by atoms with E-state index in [4.69, 9.17) is 21.1 Å². The zero-order chi connectivity index (χ0) is 22.0. The van der Waals surface area contributed by atoms with Gasteiger partial charge in [0, 0.05) is 34.1 Å². The van der Waals surface area contributed by atoms with Crippen molar-refractivity contribution >= 4 is 49.7 Å². The van der Waals surface area contributed by atoms with Crippen molar-refractivity contribution in [3.63, 3.8) is 0 Å². The second-order valence-electron chi connectivity index (χ2n) is 7.09. The lowest BCUT2D eigenvalue weighted by atomic mass is 9.98. The molecule has 0 atom stereocenters. The number of piperidine rings is 1. The van der Waals surface area contributed by atoms with Gasteiger partial charge < -0.3 is 9.47 Å². The summed E-state index contributed by atoms with van der Waals surface area (Å²) in [5.74, 6) is 0.712. The van der Waals surface area contributed by atoms with Crippen LogP contribution < -0.4 is 14.9 Å². The third kappa shape index (κ3) is 4.87. The molecule has 0 radical (unpaired) electrons. The smallest absolute Gasteiger partial charge is 0.243 e. The van der Waals surface area contributed by atoms with Crippen LogP contribution >= 0.6 is 27.5 Å². The number of fused-ring (bicyclic) bond motifs is 1. The summed E-state index contributed by atoms with van der Waals surface area (Å²) in [6, 6.07) is 9.61. The highest BCUT2D eigenvalue weighted by Gasteiger charge is 2.32. The van der Waals surface area contributed by atoms with E-state index in [1.165, 1.54) is 22.7 Å². The first-order valence-electron chi connectivity index (χ1n) is 9.52. The molecule has 1 amide bonds. The number of ether oxygens (including phenoxy) is 2. The molecule has 0 aromatic heterocycles. The number of nitrogens with zero attached hydrogens (tertiary/aromatic N) is 2. The van der Waals surface area contributed by atoms with Gasteiger partial charge in [0.15, 0.2) is 11.5 Å². The molecule has 0 spiro atoms. The molecule has 11 heteroatoms. The summed E-state index contributed by atoms with van der Waals surface area (Å²) in [7, 11) is -3.60. The Labute approximate surface area is 193 Å². The van der Waals surface area contributed by atoms with Gasteiger partial charge in [-0.2, -0.15) is 9.41 Å². The van der Waals surface area contributed by atoms with E-state index in [0.29, 0.717) is 29.4 Å². The molecule has 1 N–H and O–H groups in total. The predicted molar refractivity (Wildman–Crippen MR) is 119 cm³/mol. The van der Waals surface area contributed by atoms with Crippen molar-refractivity contribution in [3.8, 4) is 11.5 Å². The topological polar surface area (TPSA) is 97.3 Å². The first-order chi connectivity index (χ1) is 14.8. The molecule has 2 aromatic carbocycles. The molecular weight excluding hydrogens is 510 g/mol. The van der Waals surface area contributed by atoms with Gasteiger partial charge in [-0.1, -0.05) is 11.6 Å². The fourth-order valence-electron chi connectivity index (χ4n) is 3.40. The summed E-state index contributed by atoms with van der Waals surface area (Å²) in [6.07, 6.45) is 2.36. The van der Waals surface area contributed by atoms with Gasteiger partial charge in [0.1, 0.15) is 0 Å². The normalized spacial score (nSPS) is 17.2. The van der Waals surface area contributed by atoms with Crippen LogP contribution in [0.2, 0.25) is 5.02 Å². The molecule has 8 nitrogen and oxygen atoms in total. The number of hydrogen-bond donors (Lipinski definition) is 1. The first kappa shape index (κ1) is 22.1. The largest absolute Gasteiger partial charge is 0.454 e. The fraction of sp³-hybridized carbons (Fsp3) is 0.300. The Morgan fingerprint density at radius 1 is 1.16 bits per heavy atom. The quantitative estimate of drug-likeness (QED) is 0.474. The highest BCUT2D eigenvalue weighted by molar-refractivity contribution is 9.10. The molecule has 1 saturated heterocycles. The highest BCUT2D eigenvalue weighted by Crippen LogP contribution is 2.36. The predicted octanol–water partition coefficient (Wildman–Crippen LogP) is 3.38. The van der Waals surface area contributed by atoms with Crippen LogP contribution in [-0.2, 0) is 14.8 Å². The van der Waals surface area contributed by atoms with Crippen LogP contribution in [0.3, 0.4) is 0 Å². The Hall–Kier alpha value is -2.14. The summed E-state index contributed by atoms with van der Waals surface area (Å²) >= 11 is 9.27. The maximum Gasteiger partial charge on any atom is 0.243 e. The van der Waals surface area contributed by atoms with Gasteiger partial charge in [0.2, 0.25) is 22.7 Å². The van der Waals surface area contributed by atoms with Gasteiger partial charge in [-0.3, -0.25) is 4.79 Å². The number of sulfonamides is 1. The molecule has 0 saturated carbocycles. The van der Waals surface area contributed by atoms with Gasteiger partial charge in [-0.25, -0.2) is 13.8 Å². The molecule has 0 unspecified atom stereocenters. The molecule has 2 aliphatic rings. The average Bonchev–Trinajstić information content (AvgIpc) is 3.21. The van der Waals surface area contributed by atoms with Crippen LogP contribution in [0.5, 0.6) is 11.5 Å². The average molecular weight is 529 g/mol. The molecule has 4 rings (SSSR count). The molecule has 0 aliphatic carbocycles. The van der Waals surface area contributed by atoms with Crippen LogP contribution in [0, 0.1) is 5.92 Å². The number of hydrazone groups is 1. The Kier molecular flexibility index (Phi) is 6.52. The summed E-state index contributed by atoms with van der Waals surface area (Å²) in [4.78, 5) is 12.7. The Balaban J connectivity index is 1.32. The van der Waals surface area contributed by atoms with E-state index in [1.54, 1.807) is 24.3 Å². The van der Waals surface area contributed by atoms with Gasteiger partial charge in [0.05, 0.1) is 11.1 Å². The standard InChI is InChI=1S/C20H19BrClN3O5S/c21-17-10-19-18(29-12-30-19)9-14(17)11-23-24-20(26)13-5-7-25(8-6-13)31(27,28)16-3-1-15(22)2-4-16/h1-4,9-11,13H,5-8,12H2,(H,24,26)/b23-11-. The fourth-order valence-corrected chi connectivity index (χ4v) is 5.42. The Morgan fingerprint density at radius 3 is 2.48 bits per heavy atom. The van der Waals surface area contributed by atoms with E-state index >= 15 is 0 Å². The third-order valence-corrected chi connectivity index (χ3v) is 8.00. The molecule has 31 heavy (non-hydrogen) atoms. The second-order valence-corrected chi connectivity index (χ2v) is 10.3. The zero-order valence-electron chi connectivity index (χ0n) is 16.3. The maximum atomic E-state index is 12.8. The number of rotatable bonds is 5. The summed E-state index contributed by atoms with van der Waals surface area (Å²) in [5, 5.41) is 4.51. The minimum absolute atomic E-state index is 0.172. The Morgan fingerprint density at radius 2 is 1.81 bits per heavy atom. The molecular formula is C20H19BrClN3O5S. The summed E-state index contributed by atoms with van der Waals surface area (Å²) in [5.41, 5.74) is 3.27. The Bertz CT molecular complexity index is 1120. The number of halogens is 2. The molecule has 1 fully saturated rings. The molecule has 2 heterocycles. The monoisotopic (exact) mass is 527 g/mol. The molecule has 0 bridgehead atoms. The number of benzene rings is 2. The van der Waals surface area contributed by atoms with E-state index in [2.05, 4.69) is 26.5 Å². The van der Waals surface area contributed by atoms with Crippen LogP contribution in [0.15, 0.2) is 50.9 Å². The van der Waals surface area contributed by atoms with Crippen molar-refractivity contribution in [3.05, 3.63) is 51.5 Å². The number of carbonyl (C=O) groups is 1. The van der Waals surface area contributed by atoms with Crippen LogP contribution in [-0.4, -0.2) is 44.7 Å². The highest BCUT2D eigenvalue weighted by atomic mass is 79.9. The van der Waals surface area contributed by atoms with Gasteiger partial charge in [-0.05, 0) is 65.2 Å². The molecule has 164 valence electrons. The van der Waals surface area contributed by atoms with E-state index < -0.39 is 10.0 Å². The van der Waals surface area contributed by atoms with Gasteiger partial charge in [0.25, 0.3) is 0 Å². The number of hydrogen-bond acceptors (Lipinski definition) is 6. The lowest BCUT2D eigenvalue weighted by Crippen LogP contribution is -2.42. The van der Waals surface area contributed by atoms with E-state index in [0.717, 1.165) is 10.0 Å². The van der Waals surface area contributed by atoms with E-state index in [1.807, 2.05) is 0 Å². The van der Waals surface area contributed by atoms with E-state index in [9.17, 15) is 13.2 Å². The number of nitrogens with one attached hydrogen (secondary N) is 1. The van der Waals surface area contributed by atoms with Gasteiger partial charge in [-0.15, -0.1) is 0 Å². The van der Waals surface area contributed by atoms with Crippen LogP contribution in [0.25, 0.3) is 0 Å². The van der Waals surface area contributed by atoms with Crippen molar-refractivity contribution in [2.45, 2.75) is 17.7 Å². The molecule has 2 aliphatic heterocycles. The van der Waals surface area contributed by atoms with Crippen molar-refractivity contribution in [1.82, 2.24) is 9.73 Å². The van der Waals surface area contributed by atoms with Crippen molar-refractivity contribution in [2.24, 2.45) is 11.0 Å². The number of carbonyl (C=O) groups excluding carboxylic acids is 1. The summed E-state index contributed by atoms with van der Waals surface area (Å²) < 4.78 is 38.3. The SMILES string of the molecule is O=C(N/N=C\c1cc2c(cc1Br)OCO2)C1CCN(S(=O)(=O)c2ccc(Cl)cc2)CC1.